The third-order valence-corrected chi connectivity index (χ3v) is 4.51. The van der Waals surface area contributed by atoms with Crippen LogP contribution in [0.1, 0.15) is 23.0 Å². The fourth-order valence-corrected chi connectivity index (χ4v) is 3.05. The number of hydrogen-bond donors (Lipinski definition) is 3. The van der Waals surface area contributed by atoms with Crippen molar-refractivity contribution < 1.29 is 14.6 Å². The SMILES string of the molecule is CCOc1cc(-c2ccc(O)nc2)nc2cc(C(=O)NCCc3c[nH]nn3)ccc12. The fourth-order valence-electron chi connectivity index (χ4n) is 3.05. The molecule has 1 aromatic carbocycles. The average Bonchev–Trinajstić information content (AvgIpc) is 3.27. The summed E-state index contributed by atoms with van der Waals surface area (Å²) in [4.78, 5) is 21.2. The Labute approximate surface area is 172 Å². The molecule has 0 unspecified atom stereocenters. The Hall–Kier alpha value is -4.01. The molecule has 0 aliphatic rings. The smallest absolute Gasteiger partial charge is 0.251 e. The third-order valence-electron chi connectivity index (χ3n) is 4.51. The molecule has 9 nitrogen and oxygen atoms in total. The molecule has 3 aromatic heterocycles. The summed E-state index contributed by atoms with van der Waals surface area (Å²) in [7, 11) is 0. The molecule has 0 radical (unpaired) electrons. The molecule has 152 valence electrons. The average molecular weight is 404 g/mol. The van der Waals surface area contributed by atoms with Gasteiger partial charge in [-0.1, -0.05) is 5.21 Å². The highest BCUT2D eigenvalue weighted by Gasteiger charge is 2.13. The molecule has 0 aliphatic heterocycles. The van der Waals surface area contributed by atoms with E-state index >= 15 is 0 Å². The van der Waals surface area contributed by atoms with Crippen molar-refractivity contribution in [2.75, 3.05) is 13.2 Å². The summed E-state index contributed by atoms with van der Waals surface area (Å²) in [6.07, 6.45) is 3.82. The molecule has 9 heteroatoms. The number of nitrogens with one attached hydrogen (secondary N) is 2. The monoisotopic (exact) mass is 404 g/mol. The van der Waals surface area contributed by atoms with E-state index in [0.29, 0.717) is 42.1 Å². The van der Waals surface area contributed by atoms with E-state index in [1.165, 1.54) is 6.07 Å². The van der Waals surface area contributed by atoms with Crippen LogP contribution < -0.4 is 10.1 Å². The molecule has 4 aromatic rings. The van der Waals surface area contributed by atoms with Crippen LogP contribution in [0.5, 0.6) is 11.6 Å². The number of aromatic amines is 1. The second-order valence-electron chi connectivity index (χ2n) is 6.55. The molecule has 0 atom stereocenters. The Kier molecular flexibility index (Phi) is 5.51. The molecule has 0 saturated heterocycles. The van der Waals surface area contributed by atoms with Gasteiger partial charge in [-0.15, -0.1) is 5.10 Å². The number of aromatic nitrogens is 5. The molecule has 3 heterocycles. The van der Waals surface area contributed by atoms with Gasteiger partial charge in [-0.25, -0.2) is 9.97 Å². The lowest BCUT2D eigenvalue weighted by molar-refractivity contribution is 0.0954. The first-order valence-electron chi connectivity index (χ1n) is 9.50. The highest BCUT2D eigenvalue weighted by molar-refractivity contribution is 5.99. The lowest BCUT2D eigenvalue weighted by atomic mass is 10.1. The number of amides is 1. The first-order chi connectivity index (χ1) is 14.6. The van der Waals surface area contributed by atoms with E-state index in [9.17, 15) is 9.90 Å². The Balaban J connectivity index is 1.62. The van der Waals surface area contributed by atoms with E-state index in [0.717, 1.165) is 16.6 Å². The molecule has 4 rings (SSSR count). The first kappa shape index (κ1) is 19.3. The summed E-state index contributed by atoms with van der Waals surface area (Å²) in [5, 5.41) is 23.3. The van der Waals surface area contributed by atoms with E-state index in [1.54, 1.807) is 30.6 Å². The van der Waals surface area contributed by atoms with Gasteiger partial charge in [-0.3, -0.25) is 9.89 Å². The van der Waals surface area contributed by atoms with E-state index in [4.69, 9.17) is 4.74 Å². The van der Waals surface area contributed by atoms with Gasteiger partial charge in [0.2, 0.25) is 5.88 Å². The maximum atomic E-state index is 12.6. The zero-order valence-corrected chi connectivity index (χ0v) is 16.3. The van der Waals surface area contributed by atoms with Crippen molar-refractivity contribution in [2.45, 2.75) is 13.3 Å². The fraction of sp³-hybridized carbons (Fsp3) is 0.190. The Morgan fingerprint density at radius 2 is 2.13 bits per heavy atom. The van der Waals surface area contributed by atoms with Crippen LogP contribution in [0, 0.1) is 0 Å². The molecule has 1 amide bonds. The minimum Gasteiger partial charge on any atom is -0.493 e. The molecule has 0 saturated carbocycles. The van der Waals surface area contributed by atoms with Crippen molar-refractivity contribution in [1.82, 2.24) is 30.7 Å². The molecular formula is C21H20N6O3. The summed E-state index contributed by atoms with van der Waals surface area (Å²) in [6, 6.07) is 10.4. The normalized spacial score (nSPS) is 10.8. The summed E-state index contributed by atoms with van der Waals surface area (Å²) in [5.41, 5.74) is 3.29. The van der Waals surface area contributed by atoms with Crippen molar-refractivity contribution >= 4 is 16.8 Å². The van der Waals surface area contributed by atoms with Crippen LogP contribution in [0.3, 0.4) is 0 Å². The number of fused-ring (bicyclic) bond motifs is 1. The van der Waals surface area contributed by atoms with Crippen LogP contribution in [-0.4, -0.2) is 49.5 Å². The molecule has 0 fully saturated rings. The zero-order chi connectivity index (χ0) is 20.9. The largest absolute Gasteiger partial charge is 0.493 e. The number of rotatable bonds is 7. The minimum atomic E-state index is -0.197. The topological polar surface area (TPSA) is 126 Å². The maximum Gasteiger partial charge on any atom is 0.251 e. The van der Waals surface area contributed by atoms with Gasteiger partial charge < -0.3 is 15.2 Å². The predicted octanol–water partition coefficient (Wildman–Crippen LogP) is 2.49. The predicted molar refractivity (Wildman–Crippen MR) is 110 cm³/mol. The summed E-state index contributed by atoms with van der Waals surface area (Å²) >= 11 is 0. The lowest BCUT2D eigenvalue weighted by Crippen LogP contribution is -2.25. The molecule has 3 N–H and O–H groups in total. The Bertz CT molecular complexity index is 1160. The van der Waals surface area contributed by atoms with Crippen molar-refractivity contribution in [3.05, 3.63) is 60.0 Å². The molecular weight excluding hydrogens is 384 g/mol. The second kappa shape index (κ2) is 8.56. The van der Waals surface area contributed by atoms with Crippen LogP contribution in [0.4, 0.5) is 0 Å². The molecule has 30 heavy (non-hydrogen) atoms. The number of H-pyrrole nitrogens is 1. The Morgan fingerprint density at radius 3 is 2.87 bits per heavy atom. The molecule has 0 bridgehead atoms. The van der Waals surface area contributed by atoms with Gasteiger partial charge in [-0.05, 0) is 31.2 Å². The van der Waals surface area contributed by atoms with Gasteiger partial charge in [0.1, 0.15) is 5.75 Å². The standard InChI is InChI=1S/C21H20N6O3/c1-2-30-19-10-17(14-4-6-20(28)23-11-14)25-18-9-13(3-5-16(18)19)21(29)22-8-7-15-12-24-27-26-15/h3-6,9-12H,2,7-8H2,1H3,(H,22,29)(H,23,28)(H,24,26,27). The van der Waals surface area contributed by atoms with Gasteiger partial charge in [0, 0.05) is 54.0 Å². The summed E-state index contributed by atoms with van der Waals surface area (Å²) in [6.45, 7) is 2.85. The van der Waals surface area contributed by atoms with E-state index in [-0.39, 0.29) is 11.8 Å². The van der Waals surface area contributed by atoms with Gasteiger partial charge in [0.05, 0.1) is 23.5 Å². The highest BCUT2D eigenvalue weighted by Crippen LogP contribution is 2.31. The highest BCUT2D eigenvalue weighted by atomic mass is 16.5. The van der Waals surface area contributed by atoms with Crippen molar-refractivity contribution in [2.24, 2.45) is 0 Å². The molecule has 0 spiro atoms. The Morgan fingerprint density at radius 1 is 1.23 bits per heavy atom. The quantitative estimate of drug-likeness (QED) is 0.432. The molecule has 0 aliphatic carbocycles. The van der Waals surface area contributed by atoms with Crippen LogP contribution in [0.2, 0.25) is 0 Å². The second-order valence-corrected chi connectivity index (χ2v) is 6.55. The summed E-state index contributed by atoms with van der Waals surface area (Å²) in [5.74, 6) is 0.412. The van der Waals surface area contributed by atoms with Crippen LogP contribution in [-0.2, 0) is 6.42 Å². The van der Waals surface area contributed by atoms with E-state index in [1.807, 2.05) is 19.1 Å². The van der Waals surface area contributed by atoms with Gasteiger partial charge in [0.15, 0.2) is 0 Å². The maximum absolute atomic E-state index is 12.6. The van der Waals surface area contributed by atoms with Crippen molar-refractivity contribution in [3.63, 3.8) is 0 Å². The number of carbonyl (C=O) groups excluding carboxylic acids is 1. The minimum absolute atomic E-state index is 0.0610. The number of ether oxygens (including phenoxy) is 1. The van der Waals surface area contributed by atoms with E-state index in [2.05, 4.69) is 30.7 Å². The van der Waals surface area contributed by atoms with Gasteiger partial charge >= 0.3 is 0 Å². The van der Waals surface area contributed by atoms with E-state index < -0.39 is 0 Å². The number of hydrogen-bond acceptors (Lipinski definition) is 7. The van der Waals surface area contributed by atoms with Crippen LogP contribution >= 0.6 is 0 Å². The lowest BCUT2D eigenvalue weighted by Gasteiger charge is -2.11. The number of benzene rings is 1. The first-order valence-corrected chi connectivity index (χ1v) is 9.50. The number of aromatic hydroxyl groups is 1. The third kappa shape index (κ3) is 4.19. The zero-order valence-electron chi connectivity index (χ0n) is 16.3. The number of carbonyl (C=O) groups is 1. The van der Waals surface area contributed by atoms with Gasteiger partial charge in [0.25, 0.3) is 5.91 Å². The van der Waals surface area contributed by atoms with Crippen LogP contribution in [0.15, 0.2) is 48.8 Å². The summed E-state index contributed by atoms with van der Waals surface area (Å²) < 4.78 is 5.79. The van der Waals surface area contributed by atoms with Crippen molar-refractivity contribution in [3.8, 4) is 22.9 Å². The number of pyridine rings is 2. The van der Waals surface area contributed by atoms with Gasteiger partial charge in [-0.2, -0.15) is 0 Å². The van der Waals surface area contributed by atoms with Crippen molar-refractivity contribution in [1.29, 1.82) is 0 Å². The number of nitrogens with zero attached hydrogens (tertiary/aromatic N) is 4. The van der Waals surface area contributed by atoms with Crippen LogP contribution in [0.25, 0.3) is 22.2 Å².